The molecule has 0 aromatic rings. The lowest BCUT2D eigenvalue weighted by Gasteiger charge is -2.20. The van der Waals surface area contributed by atoms with Gasteiger partial charge in [0.05, 0.1) is 24.4 Å². The summed E-state index contributed by atoms with van der Waals surface area (Å²) in [5.74, 6) is 0. The zero-order valence-corrected chi connectivity index (χ0v) is 26.3. The Morgan fingerprint density at radius 3 is 1.26 bits per heavy atom. The van der Waals surface area contributed by atoms with E-state index in [9.17, 15) is 10.2 Å². The second kappa shape index (κ2) is 30.2. The van der Waals surface area contributed by atoms with Crippen LogP contribution in [0.4, 0.5) is 0 Å². The highest BCUT2D eigenvalue weighted by atomic mass is 16.7. The lowest BCUT2D eigenvalue weighted by molar-refractivity contribution is -0.167. The van der Waals surface area contributed by atoms with E-state index in [1.165, 1.54) is 0 Å². The Bertz CT molecular complexity index is 490. The van der Waals surface area contributed by atoms with Crippen LogP contribution in [0.3, 0.4) is 0 Å². The molecule has 0 aliphatic rings. The van der Waals surface area contributed by atoms with E-state index in [-0.39, 0.29) is 38.0 Å². The number of hydrogen-bond donors (Lipinski definition) is 2. The van der Waals surface area contributed by atoms with Gasteiger partial charge in [0, 0.05) is 0 Å². The number of aliphatic hydroxyl groups excluding tert-OH is 2. The van der Waals surface area contributed by atoms with Crippen LogP contribution >= 0.6 is 0 Å². The topological polar surface area (TPSA) is 68.2 Å². The molecule has 0 aromatic carbocycles. The van der Waals surface area contributed by atoms with Crippen LogP contribution in [0.2, 0.25) is 0 Å². The van der Waals surface area contributed by atoms with Gasteiger partial charge in [-0.05, 0) is 77.0 Å². The van der Waals surface area contributed by atoms with Gasteiger partial charge in [-0.25, -0.2) is 0 Å². The minimum absolute atomic E-state index is 0.158. The smallest absolute Gasteiger partial charge is 0.149 e. The fourth-order valence-corrected chi connectivity index (χ4v) is 4.75. The monoisotopic (exact) mass is 554 g/mol. The zero-order valence-electron chi connectivity index (χ0n) is 26.3. The Hall–Kier alpha value is -0.720. The third kappa shape index (κ3) is 27.2. The Balaban J connectivity index is 4.40. The summed E-state index contributed by atoms with van der Waals surface area (Å²) in [7, 11) is 0. The maximum Gasteiger partial charge on any atom is 0.149 e. The van der Waals surface area contributed by atoms with Crippen molar-refractivity contribution in [2.45, 2.75) is 181 Å². The average Bonchev–Trinajstić information content (AvgIpc) is 2.94. The van der Waals surface area contributed by atoms with Crippen molar-refractivity contribution in [1.82, 2.24) is 0 Å². The molecule has 39 heavy (non-hydrogen) atoms. The van der Waals surface area contributed by atoms with Crippen LogP contribution in [0.1, 0.15) is 156 Å². The first-order valence-electron chi connectivity index (χ1n) is 16.5. The molecule has 232 valence electrons. The Kier molecular flexibility index (Phi) is 29.7. The van der Waals surface area contributed by atoms with Gasteiger partial charge in [-0.15, -0.1) is 0 Å². The van der Waals surface area contributed by atoms with Gasteiger partial charge in [0.15, 0.2) is 0 Å². The molecule has 0 radical (unpaired) electrons. The normalized spacial score (nSPS) is 15.3. The van der Waals surface area contributed by atoms with Crippen molar-refractivity contribution in [3.05, 3.63) is 24.3 Å². The van der Waals surface area contributed by atoms with Crippen LogP contribution in [0.5, 0.6) is 0 Å². The van der Waals surface area contributed by atoms with Crippen LogP contribution in [0.15, 0.2) is 24.3 Å². The van der Waals surface area contributed by atoms with Gasteiger partial charge >= 0.3 is 0 Å². The number of aliphatic hydroxyl groups is 2. The van der Waals surface area contributed by atoms with Gasteiger partial charge in [0.2, 0.25) is 0 Å². The zero-order chi connectivity index (χ0) is 28.8. The molecule has 0 spiro atoms. The molecule has 0 fully saturated rings. The van der Waals surface area contributed by atoms with E-state index in [4.69, 9.17) is 14.2 Å². The molecule has 5 nitrogen and oxygen atoms in total. The minimum Gasteiger partial charge on any atom is -0.393 e. The second-order valence-corrected chi connectivity index (χ2v) is 11.1. The lowest BCUT2D eigenvalue weighted by Crippen LogP contribution is -2.19. The summed E-state index contributed by atoms with van der Waals surface area (Å²) in [6.45, 7) is 9.17. The van der Waals surface area contributed by atoms with Crippen molar-refractivity contribution in [2.24, 2.45) is 0 Å². The molecule has 5 heteroatoms. The van der Waals surface area contributed by atoms with Gasteiger partial charge in [0.1, 0.15) is 13.6 Å². The molecule has 0 saturated heterocycles. The number of hydrogen-bond acceptors (Lipinski definition) is 5. The minimum atomic E-state index is -0.158. The molecule has 4 unspecified atom stereocenters. The number of rotatable bonds is 30. The SMILES string of the molecule is CCC=CCCC(CCCCC(O)CCCC)OCOCOC(CCC=CCC)CCCCC(O)CCCC. The summed E-state index contributed by atoms with van der Waals surface area (Å²) in [4.78, 5) is 0. The van der Waals surface area contributed by atoms with E-state index >= 15 is 0 Å². The molecule has 0 aliphatic heterocycles. The molecule has 0 bridgehead atoms. The molecule has 0 rings (SSSR count). The standard InChI is InChI=1S/C34H66O5/c1-5-9-13-15-25-33(27-19-17-23-31(35)21-11-7-3)38-29-37-30-39-34(26-16-14-10-6-2)28-20-18-24-32(36)22-12-8-4/h9-10,13-14,31-36H,5-8,11-12,15-30H2,1-4H3. The van der Waals surface area contributed by atoms with Crippen LogP contribution < -0.4 is 0 Å². The van der Waals surface area contributed by atoms with Crippen molar-refractivity contribution >= 4 is 0 Å². The van der Waals surface area contributed by atoms with E-state index in [0.29, 0.717) is 0 Å². The molecule has 0 aliphatic carbocycles. The molecule has 4 atom stereocenters. The van der Waals surface area contributed by atoms with Crippen molar-refractivity contribution in [3.63, 3.8) is 0 Å². The van der Waals surface area contributed by atoms with E-state index in [2.05, 4.69) is 52.0 Å². The molecule has 2 N–H and O–H groups in total. The summed E-state index contributed by atoms with van der Waals surface area (Å²) in [5, 5.41) is 20.2. The van der Waals surface area contributed by atoms with Gasteiger partial charge in [-0.2, -0.15) is 0 Å². The predicted octanol–water partition coefficient (Wildman–Crippen LogP) is 9.40. The highest BCUT2D eigenvalue weighted by Crippen LogP contribution is 2.17. The second-order valence-electron chi connectivity index (χ2n) is 11.1. The van der Waals surface area contributed by atoms with Gasteiger partial charge in [-0.1, -0.05) is 103 Å². The summed E-state index contributed by atoms with van der Waals surface area (Å²) in [6.07, 6.45) is 29.5. The third-order valence-corrected chi connectivity index (χ3v) is 7.30. The molecule has 0 heterocycles. The molecular formula is C34H66O5. The highest BCUT2D eigenvalue weighted by molar-refractivity contribution is 4.82. The van der Waals surface area contributed by atoms with E-state index in [1.54, 1.807) is 0 Å². The lowest BCUT2D eigenvalue weighted by atomic mass is 10.0. The van der Waals surface area contributed by atoms with Crippen LogP contribution in [-0.2, 0) is 14.2 Å². The van der Waals surface area contributed by atoms with E-state index in [0.717, 1.165) is 128 Å². The number of ether oxygens (including phenoxy) is 3. The summed E-state index contributed by atoms with van der Waals surface area (Å²) in [6, 6.07) is 0. The Morgan fingerprint density at radius 1 is 0.487 bits per heavy atom. The van der Waals surface area contributed by atoms with Gasteiger partial charge in [-0.3, -0.25) is 0 Å². The molecule has 0 amide bonds. The first-order valence-corrected chi connectivity index (χ1v) is 16.5. The predicted molar refractivity (Wildman–Crippen MR) is 166 cm³/mol. The molecule has 0 aromatic heterocycles. The first kappa shape index (κ1) is 38.3. The largest absolute Gasteiger partial charge is 0.393 e. The van der Waals surface area contributed by atoms with Crippen LogP contribution in [0.25, 0.3) is 0 Å². The number of unbranched alkanes of at least 4 members (excludes halogenated alkanes) is 4. The summed E-state index contributed by atoms with van der Waals surface area (Å²) < 4.78 is 18.0. The van der Waals surface area contributed by atoms with Gasteiger partial charge in [0.25, 0.3) is 0 Å². The van der Waals surface area contributed by atoms with Gasteiger partial charge < -0.3 is 24.4 Å². The summed E-state index contributed by atoms with van der Waals surface area (Å²) >= 11 is 0. The maximum atomic E-state index is 10.1. The van der Waals surface area contributed by atoms with Crippen molar-refractivity contribution in [3.8, 4) is 0 Å². The number of allylic oxidation sites excluding steroid dienone is 4. The van der Waals surface area contributed by atoms with Crippen molar-refractivity contribution in [1.29, 1.82) is 0 Å². The molecular weight excluding hydrogens is 488 g/mol. The van der Waals surface area contributed by atoms with E-state index in [1.807, 2.05) is 0 Å². The third-order valence-electron chi connectivity index (χ3n) is 7.30. The fourth-order valence-electron chi connectivity index (χ4n) is 4.75. The van der Waals surface area contributed by atoms with Crippen molar-refractivity contribution < 1.29 is 24.4 Å². The highest BCUT2D eigenvalue weighted by Gasteiger charge is 2.12. The Labute approximate surface area is 242 Å². The average molecular weight is 555 g/mol. The van der Waals surface area contributed by atoms with E-state index < -0.39 is 0 Å². The van der Waals surface area contributed by atoms with Crippen LogP contribution in [-0.4, -0.2) is 48.2 Å². The Morgan fingerprint density at radius 2 is 0.872 bits per heavy atom. The first-order chi connectivity index (χ1) is 19.1. The maximum absolute atomic E-state index is 10.1. The van der Waals surface area contributed by atoms with Crippen molar-refractivity contribution in [2.75, 3.05) is 13.6 Å². The fraction of sp³-hybridized carbons (Fsp3) is 0.882. The molecule has 0 saturated carbocycles. The quantitative estimate of drug-likeness (QED) is 0.0526. The summed E-state index contributed by atoms with van der Waals surface area (Å²) in [5.41, 5.74) is 0. The van der Waals surface area contributed by atoms with Crippen LogP contribution in [0, 0.1) is 0 Å².